The fourth-order valence-electron chi connectivity index (χ4n) is 1.70. The summed E-state index contributed by atoms with van der Waals surface area (Å²) in [5.74, 6) is 0. The predicted octanol–water partition coefficient (Wildman–Crippen LogP) is 1.50. The number of hydrogen-bond acceptors (Lipinski definition) is 2. The van der Waals surface area contributed by atoms with Crippen molar-refractivity contribution in [3.05, 3.63) is 23.0 Å². The molecule has 0 fully saturated rings. The van der Waals surface area contributed by atoms with Crippen molar-refractivity contribution in [3.8, 4) is 0 Å². The summed E-state index contributed by atoms with van der Waals surface area (Å²) in [6, 6.07) is 2.41. The molecular weight excluding hydrogens is 188 g/mol. The monoisotopic (exact) mass is 210 g/mol. The Balaban J connectivity index is 2.61. The lowest BCUT2D eigenvalue weighted by atomic mass is 10.2. The lowest BCUT2D eigenvalue weighted by Crippen LogP contribution is -2.31. The molecule has 0 aromatic carbocycles. The third kappa shape index (κ3) is 2.83. The number of aliphatic hydroxyl groups excluding tert-OH is 1. The summed E-state index contributed by atoms with van der Waals surface area (Å²) in [5, 5.41) is 12.4. The summed E-state index contributed by atoms with van der Waals surface area (Å²) in [6.07, 6.45) is 0.960. The van der Waals surface area contributed by atoms with Gasteiger partial charge in [-0.05, 0) is 31.9 Å². The van der Waals surface area contributed by atoms with E-state index in [1.54, 1.807) is 0 Å². The van der Waals surface area contributed by atoms with Crippen LogP contribution in [0.15, 0.2) is 6.07 Å². The van der Waals surface area contributed by atoms with E-state index in [1.807, 2.05) is 0 Å². The molecule has 3 heteroatoms. The number of aryl methyl sites for hydroxylation is 1. The molecule has 1 atom stereocenters. The Morgan fingerprint density at radius 3 is 2.53 bits per heavy atom. The van der Waals surface area contributed by atoms with Gasteiger partial charge in [-0.25, -0.2) is 0 Å². The summed E-state index contributed by atoms with van der Waals surface area (Å²) in [5.41, 5.74) is 3.90. The minimum Gasteiger partial charge on any atom is -0.395 e. The molecule has 1 unspecified atom stereocenters. The van der Waals surface area contributed by atoms with Crippen LogP contribution in [0, 0.1) is 13.8 Å². The summed E-state index contributed by atoms with van der Waals surface area (Å²) in [4.78, 5) is 0. The van der Waals surface area contributed by atoms with Crippen molar-refractivity contribution in [1.29, 1.82) is 0 Å². The molecule has 1 aromatic heterocycles. The standard InChI is InChI=1S/C12H22N2O/c1-5-12(8-15)13-7-11-6-9(2)14(4)10(11)3/h6,12-13,15H,5,7-8H2,1-4H3. The molecule has 0 radical (unpaired) electrons. The highest BCUT2D eigenvalue weighted by Gasteiger charge is 2.08. The number of nitrogens with zero attached hydrogens (tertiary/aromatic N) is 1. The van der Waals surface area contributed by atoms with E-state index in [9.17, 15) is 0 Å². The van der Waals surface area contributed by atoms with E-state index in [4.69, 9.17) is 5.11 Å². The third-order valence-electron chi connectivity index (χ3n) is 3.17. The topological polar surface area (TPSA) is 37.2 Å². The number of aromatic nitrogens is 1. The molecule has 15 heavy (non-hydrogen) atoms. The van der Waals surface area contributed by atoms with E-state index in [0.29, 0.717) is 0 Å². The molecule has 2 N–H and O–H groups in total. The van der Waals surface area contributed by atoms with E-state index in [0.717, 1.165) is 13.0 Å². The summed E-state index contributed by atoms with van der Waals surface area (Å²) in [7, 11) is 2.08. The number of rotatable bonds is 5. The zero-order chi connectivity index (χ0) is 11.4. The van der Waals surface area contributed by atoms with Gasteiger partial charge in [-0.15, -0.1) is 0 Å². The molecule has 0 saturated heterocycles. The van der Waals surface area contributed by atoms with Crippen LogP contribution in [0.2, 0.25) is 0 Å². The lowest BCUT2D eigenvalue weighted by molar-refractivity contribution is 0.238. The van der Waals surface area contributed by atoms with Crippen LogP contribution in [0.4, 0.5) is 0 Å². The Labute approximate surface area is 92.1 Å². The van der Waals surface area contributed by atoms with Crippen molar-refractivity contribution in [2.75, 3.05) is 6.61 Å². The molecular formula is C12H22N2O. The van der Waals surface area contributed by atoms with Crippen molar-refractivity contribution >= 4 is 0 Å². The molecule has 0 saturated carbocycles. The number of aliphatic hydroxyl groups is 1. The Kier molecular flexibility index (Phi) is 4.36. The maximum absolute atomic E-state index is 9.07. The minimum absolute atomic E-state index is 0.210. The smallest absolute Gasteiger partial charge is 0.0584 e. The second-order valence-electron chi connectivity index (χ2n) is 4.12. The van der Waals surface area contributed by atoms with Crippen LogP contribution in [0.25, 0.3) is 0 Å². The quantitative estimate of drug-likeness (QED) is 0.773. The fourth-order valence-corrected chi connectivity index (χ4v) is 1.70. The summed E-state index contributed by atoms with van der Waals surface area (Å²) >= 11 is 0. The highest BCUT2D eigenvalue weighted by atomic mass is 16.3. The molecule has 0 spiro atoms. The highest BCUT2D eigenvalue weighted by molar-refractivity contribution is 5.26. The fraction of sp³-hybridized carbons (Fsp3) is 0.667. The Morgan fingerprint density at radius 2 is 2.13 bits per heavy atom. The van der Waals surface area contributed by atoms with Crippen LogP contribution in [0.3, 0.4) is 0 Å². The van der Waals surface area contributed by atoms with Crippen molar-refractivity contribution in [3.63, 3.8) is 0 Å². The van der Waals surface area contributed by atoms with Crippen LogP contribution >= 0.6 is 0 Å². The predicted molar refractivity (Wildman–Crippen MR) is 62.9 cm³/mol. The van der Waals surface area contributed by atoms with Crippen molar-refractivity contribution in [2.45, 2.75) is 39.8 Å². The maximum atomic E-state index is 9.07. The Morgan fingerprint density at radius 1 is 1.47 bits per heavy atom. The van der Waals surface area contributed by atoms with E-state index < -0.39 is 0 Å². The molecule has 86 valence electrons. The van der Waals surface area contributed by atoms with Gasteiger partial charge >= 0.3 is 0 Å². The first-order valence-corrected chi connectivity index (χ1v) is 5.56. The molecule has 1 heterocycles. The van der Waals surface area contributed by atoms with Crippen LogP contribution in [-0.4, -0.2) is 22.3 Å². The summed E-state index contributed by atoms with van der Waals surface area (Å²) in [6.45, 7) is 7.37. The maximum Gasteiger partial charge on any atom is 0.0584 e. The second kappa shape index (κ2) is 5.33. The van der Waals surface area contributed by atoms with E-state index in [-0.39, 0.29) is 12.6 Å². The molecule has 1 aromatic rings. The van der Waals surface area contributed by atoms with Gasteiger partial charge in [0.2, 0.25) is 0 Å². The van der Waals surface area contributed by atoms with Crippen molar-refractivity contribution < 1.29 is 5.11 Å². The van der Waals surface area contributed by atoms with Crippen LogP contribution in [0.1, 0.15) is 30.3 Å². The van der Waals surface area contributed by atoms with E-state index in [2.05, 4.69) is 43.8 Å². The largest absolute Gasteiger partial charge is 0.395 e. The second-order valence-corrected chi connectivity index (χ2v) is 4.12. The van der Waals surface area contributed by atoms with Crippen LogP contribution in [0.5, 0.6) is 0 Å². The van der Waals surface area contributed by atoms with Gasteiger partial charge in [-0.1, -0.05) is 6.92 Å². The highest BCUT2D eigenvalue weighted by Crippen LogP contribution is 2.13. The first-order chi connectivity index (χ1) is 7.10. The molecule has 0 aliphatic heterocycles. The van der Waals surface area contributed by atoms with Gasteiger partial charge < -0.3 is 15.0 Å². The van der Waals surface area contributed by atoms with Gasteiger partial charge in [0.1, 0.15) is 0 Å². The lowest BCUT2D eigenvalue weighted by Gasteiger charge is -2.13. The molecule has 0 bridgehead atoms. The molecule has 0 amide bonds. The average molecular weight is 210 g/mol. The van der Waals surface area contributed by atoms with Crippen LogP contribution in [-0.2, 0) is 13.6 Å². The van der Waals surface area contributed by atoms with Gasteiger partial charge in [-0.2, -0.15) is 0 Å². The molecule has 0 aliphatic rings. The summed E-state index contributed by atoms with van der Waals surface area (Å²) < 4.78 is 2.19. The minimum atomic E-state index is 0.210. The SMILES string of the molecule is CCC(CO)NCc1cc(C)n(C)c1C. The molecule has 0 aliphatic carbocycles. The van der Waals surface area contributed by atoms with Gasteiger partial charge in [0.05, 0.1) is 6.61 Å². The van der Waals surface area contributed by atoms with Crippen molar-refractivity contribution in [1.82, 2.24) is 9.88 Å². The van der Waals surface area contributed by atoms with Crippen molar-refractivity contribution in [2.24, 2.45) is 7.05 Å². The first kappa shape index (κ1) is 12.3. The van der Waals surface area contributed by atoms with Gasteiger partial charge in [0.15, 0.2) is 0 Å². The average Bonchev–Trinajstić information content (AvgIpc) is 2.48. The Hall–Kier alpha value is -0.800. The normalized spacial score (nSPS) is 13.1. The van der Waals surface area contributed by atoms with Gasteiger partial charge in [0.25, 0.3) is 0 Å². The van der Waals surface area contributed by atoms with E-state index >= 15 is 0 Å². The number of hydrogen-bond donors (Lipinski definition) is 2. The third-order valence-corrected chi connectivity index (χ3v) is 3.17. The molecule has 1 rings (SSSR count). The Bertz CT molecular complexity index is 314. The first-order valence-electron chi connectivity index (χ1n) is 5.56. The number of nitrogens with one attached hydrogen (secondary N) is 1. The van der Waals surface area contributed by atoms with Gasteiger partial charge in [-0.3, -0.25) is 0 Å². The van der Waals surface area contributed by atoms with E-state index in [1.165, 1.54) is 17.0 Å². The zero-order valence-corrected chi connectivity index (χ0v) is 10.2. The van der Waals surface area contributed by atoms with Gasteiger partial charge in [0, 0.05) is 31.0 Å². The zero-order valence-electron chi connectivity index (χ0n) is 10.2. The van der Waals surface area contributed by atoms with Crippen LogP contribution < -0.4 is 5.32 Å². The molecule has 3 nitrogen and oxygen atoms in total.